The number of hydrogen-bond donors (Lipinski definition) is 3. The minimum Gasteiger partial charge on any atom is -0.461 e. The van der Waals surface area contributed by atoms with Crippen molar-refractivity contribution in [3.63, 3.8) is 0 Å². The van der Waals surface area contributed by atoms with Crippen LogP contribution in [0.4, 0.5) is 5.69 Å². The molecule has 19 heteroatoms. The predicted molar refractivity (Wildman–Crippen MR) is 246 cm³/mol. The van der Waals surface area contributed by atoms with E-state index in [2.05, 4.69) is 10.4 Å². The van der Waals surface area contributed by atoms with Gasteiger partial charge in [-0.3, -0.25) is 38.3 Å². The van der Waals surface area contributed by atoms with Crippen LogP contribution in [0.1, 0.15) is 59.9 Å². The molecule has 5 aromatic rings. The van der Waals surface area contributed by atoms with Crippen molar-refractivity contribution in [1.82, 2.24) is 10.4 Å². The molecule has 0 aromatic heterocycles. The number of rotatable bonds is 28. The van der Waals surface area contributed by atoms with Crippen molar-refractivity contribution < 1.29 is 61.5 Å². The van der Waals surface area contributed by atoms with E-state index >= 15 is 0 Å². The molecule has 68 heavy (non-hydrogen) atoms. The maximum Gasteiger partial charge on any atom is 0.406 e. The Kier molecular flexibility index (Phi) is 21.0. The van der Waals surface area contributed by atoms with Crippen LogP contribution in [0.5, 0.6) is 0 Å². The van der Waals surface area contributed by atoms with Crippen LogP contribution < -0.4 is 16.1 Å². The third-order valence-electron chi connectivity index (χ3n) is 9.97. The van der Waals surface area contributed by atoms with E-state index in [0.29, 0.717) is 16.7 Å². The molecule has 0 fully saturated rings. The van der Waals surface area contributed by atoms with Gasteiger partial charge in [0.05, 0.1) is 18.1 Å². The van der Waals surface area contributed by atoms with Crippen LogP contribution in [-0.4, -0.2) is 59.4 Å². The first kappa shape index (κ1) is 51.9. The summed E-state index contributed by atoms with van der Waals surface area (Å²) in [5.74, 6) is -3.85. The fraction of sp³-hybridized carbons (Fsp3) is 0.286. The van der Waals surface area contributed by atoms with E-state index in [-0.39, 0.29) is 64.2 Å². The maximum absolute atomic E-state index is 14.7. The average Bonchev–Trinajstić information content (AvgIpc) is 3.36. The number of ether oxygens (including phenoxy) is 4. The largest absolute Gasteiger partial charge is 0.461 e. The van der Waals surface area contributed by atoms with Gasteiger partial charge in [0.2, 0.25) is 5.91 Å². The van der Waals surface area contributed by atoms with E-state index in [0.717, 1.165) is 11.1 Å². The van der Waals surface area contributed by atoms with Gasteiger partial charge in [-0.15, -0.1) is 0 Å². The normalized spacial score (nSPS) is 13.1. The zero-order chi connectivity index (χ0) is 48.6. The first-order chi connectivity index (χ1) is 32.9. The monoisotopic (exact) mass is 952 g/mol. The van der Waals surface area contributed by atoms with Crippen molar-refractivity contribution in [2.24, 2.45) is 5.73 Å². The van der Waals surface area contributed by atoms with Crippen LogP contribution in [0.25, 0.3) is 0 Å². The molecule has 0 aliphatic heterocycles. The molecule has 0 saturated heterocycles. The lowest BCUT2D eigenvalue weighted by Crippen LogP contribution is -2.43. The molecule has 0 bridgehead atoms. The van der Waals surface area contributed by atoms with Crippen molar-refractivity contribution in [2.45, 2.75) is 83.3 Å². The highest BCUT2D eigenvalue weighted by atomic mass is 31.2. The molecular formula is C49H53N4O14P. The number of nitro benzene ring substituents is 1. The van der Waals surface area contributed by atoms with Crippen LogP contribution in [0, 0.1) is 10.1 Å². The van der Waals surface area contributed by atoms with Crippen molar-refractivity contribution >= 4 is 43.2 Å². The molecule has 0 spiro atoms. The summed E-state index contributed by atoms with van der Waals surface area (Å²) < 4.78 is 48.2. The van der Waals surface area contributed by atoms with Gasteiger partial charge in [-0.25, -0.2) is 14.4 Å². The first-order valence-corrected chi connectivity index (χ1v) is 23.2. The highest BCUT2D eigenvalue weighted by Gasteiger charge is 2.35. The van der Waals surface area contributed by atoms with Gasteiger partial charge < -0.3 is 30.0 Å². The number of nitro groups is 1. The molecule has 0 saturated carbocycles. The smallest absolute Gasteiger partial charge is 0.406 e. The Morgan fingerprint density at radius 2 is 0.971 bits per heavy atom. The van der Waals surface area contributed by atoms with E-state index in [1.165, 1.54) is 24.3 Å². The Hall–Kier alpha value is -7.08. The Labute approximate surface area is 393 Å². The Morgan fingerprint density at radius 1 is 0.529 bits per heavy atom. The standard InChI is InChI=1S/C49H53N4O14P/c50-42(47(56)63-32-37-15-7-2-8-16-37)25-27-45(54)51-43(48(57)64-33-38-17-9-3-10-18-38)29-30-66-68(61,67-35-40-21-23-41(24-22-40)53(59)60)52-44(49(58)65-34-39-19-11-4-12-20-39)26-28-46(55)62-31-36-13-5-1-6-14-36/h1-24,42-44H,25-35,50H2,(H,51,54)(H,52,61). The number of benzene rings is 5. The van der Waals surface area contributed by atoms with Gasteiger partial charge in [0.25, 0.3) is 5.69 Å². The highest BCUT2D eigenvalue weighted by molar-refractivity contribution is 7.51. The summed E-state index contributed by atoms with van der Waals surface area (Å²) in [6, 6.07) is 36.6. The van der Waals surface area contributed by atoms with Gasteiger partial charge in [-0.1, -0.05) is 121 Å². The van der Waals surface area contributed by atoms with Crippen LogP contribution >= 0.6 is 7.75 Å². The number of carbonyl (C=O) groups excluding carboxylic acids is 5. The SMILES string of the molecule is NC(CCC(=O)NC(CCOP(=O)(NC(CCC(=O)OCc1ccccc1)C(=O)OCc1ccccc1)OCc1ccc([N+](=O)[O-])cc1)C(=O)OCc1ccccc1)C(=O)OCc1ccccc1. The molecule has 18 nitrogen and oxygen atoms in total. The Bertz CT molecular complexity index is 2430. The van der Waals surface area contributed by atoms with E-state index < -0.39 is 73.8 Å². The van der Waals surface area contributed by atoms with Crippen molar-refractivity contribution in [3.05, 3.63) is 184 Å². The van der Waals surface area contributed by atoms with Crippen molar-refractivity contribution in [1.29, 1.82) is 0 Å². The van der Waals surface area contributed by atoms with Gasteiger partial charge in [0, 0.05) is 31.4 Å². The Balaban J connectivity index is 1.30. The molecule has 5 rings (SSSR count). The van der Waals surface area contributed by atoms with Gasteiger partial charge >= 0.3 is 31.6 Å². The molecule has 0 aliphatic carbocycles. The number of non-ortho nitro benzene ring substituents is 1. The van der Waals surface area contributed by atoms with Crippen LogP contribution in [-0.2, 0) is 89.6 Å². The molecule has 0 aliphatic rings. The summed E-state index contributed by atoms with van der Waals surface area (Å²) in [6.45, 7) is -1.36. The quantitative estimate of drug-likeness (QED) is 0.0151. The van der Waals surface area contributed by atoms with Gasteiger partial charge in [-0.05, 0) is 52.8 Å². The van der Waals surface area contributed by atoms with E-state index in [1.807, 2.05) is 12.1 Å². The van der Waals surface area contributed by atoms with Crippen molar-refractivity contribution in [2.75, 3.05) is 6.61 Å². The second-order valence-electron chi connectivity index (χ2n) is 15.2. The summed E-state index contributed by atoms with van der Waals surface area (Å²) in [5.41, 5.74) is 8.95. The van der Waals surface area contributed by atoms with E-state index in [1.54, 1.807) is 109 Å². The first-order valence-electron chi connectivity index (χ1n) is 21.6. The summed E-state index contributed by atoms with van der Waals surface area (Å²) in [7, 11) is -4.66. The summed E-state index contributed by atoms with van der Waals surface area (Å²) in [6.07, 6.45) is -1.38. The minimum absolute atomic E-state index is 0.0118. The van der Waals surface area contributed by atoms with Gasteiger partial charge in [0.15, 0.2) is 0 Å². The molecule has 5 aromatic carbocycles. The zero-order valence-corrected chi connectivity index (χ0v) is 37.9. The zero-order valence-electron chi connectivity index (χ0n) is 37.1. The molecule has 358 valence electrons. The van der Waals surface area contributed by atoms with Gasteiger partial charge in [-0.2, -0.15) is 0 Å². The van der Waals surface area contributed by atoms with Crippen LogP contribution in [0.2, 0.25) is 0 Å². The van der Waals surface area contributed by atoms with E-state index in [4.69, 9.17) is 33.7 Å². The number of hydrogen-bond acceptors (Lipinski definition) is 15. The molecular weight excluding hydrogens is 900 g/mol. The molecule has 4 atom stereocenters. The summed E-state index contributed by atoms with van der Waals surface area (Å²) in [5, 5.41) is 16.5. The van der Waals surface area contributed by atoms with Gasteiger partial charge in [0.1, 0.15) is 44.6 Å². The molecule has 4 unspecified atom stereocenters. The number of nitrogens with zero attached hydrogens (tertiary/aromatic N) is 1. The third kappa shape index (κ3) is 18.7. The summed E-state index contributed by atoms with van der Waals surface area (Å²) >= 11 is 0. The lowest BCUT2D eigenvalue weighted by atomic mass is 10.1. The number of nitrogens with one attached hydrogen (secondary N) is 2. The van der Waals surface area contributed by atoms with Crippen molar-refractivity contribution in [3.8, 4) is 0 Å². The predicted octanol–water partition coefficient (Wildman–Crippen LogP) is 6.93. The molecule has 0 radical (unpaired) electrons. The number of carbonyl (C=O) groups is 5. The number of amides is 1. The summed E-state index contributed by atoms with van der Waals surface area (Å²) in [4.78, 5) is 76.7. The average molecular weight is 953 g/mol. The number of nitrogens with two attached hydrogens (primary N) is 1. The minimum atomic E-state index is -4.66. The highest BCUT2D eigenvalue weighted by Crippen LogP contribution is 2.46. The lowest BCUT2D eigenvalue weighted by Gasteiger charge is -2.25. The third-order valence-corrected chi connectivity index (χ3v) is 11.6. The lowest BCUT2D eigenvalue weighted by molar-refractivity contribution is -0.384. The fourth-order valence-corrected chi connectivity index (χ4v) is 7.69. The van der Waals surface area contributed by atoms with Crippen LogP contribution in [0.15, 0.2) is 146 Å². The fourth-order valence-electron chi connectivity index (χ4n) is 6.19. The van der Waals surface area contributed by atoms with Crippen LogP contribution in [0.3, 0.4) is 0 Å². The molecule has 1 amide bonds. The topological polar surface area (TPSA) is 251 Å². The Morgan fingerprint density at radius 3 is 1.46 bits per heavy atom. The number of esters is 4. The second kappa shape index (κ2) is 27.5. The van der Waals surface area contributed by atoms with E-state index in [9.17, 15) is 38.7 Å². The molecule has 4 N–H and O–H groups in total. The maximum atomic E-state index is 14.7. The molecule has 0 heterocycles. The second-order valence-corrected chi connectivity index (χ2v) is 17.0.